The van der Waals surface area contributed by atoms with Crippen LogP contribution in [0.1, 0.15) is 20.7 Å². The van der Waals surface area contributed by atoms with Crippen molar-refractivity contribution in [3.8, 4) is 0 Å². The Kier molecular flexibility index (Phi) is 7.20. The second-order valence-electron chi connectivity index (χ2n) is 4.97. The minimum Gasteiger partial charge on any atom is -0.744 e. The molecule has 0 spiro atoms. The van der Waals surface area contributed by atoms with Crippen molar-refractivity contribution >= 4 is 42.6 Å². The van der Waals surface area contributed by atoms with Gasteiger partial charge in [0.1, 0.15) is 30.0 Å². The Morgan fingerprint density at radius 2 is 0.962 bits per heavy atom. The molecule has 0 bridgehead atoms. The van der Waals surface area contributed by atoms with Crippen LogP contribution >= 0.6 is 0 Å². The molecule has 0 aliphatic heterocycles. The van der Waals surface area contributed by atoms with Crippen LogP contribution in [0.2, 0.25) is 0 Å². The van der Waals surface area contributed by atoms with Crippen LogP contribution in [0, 0.1) is 0 Å². The molecule has 3 rings (SSSR count). The molecule has 0 heterocycles. The van der Waals surface area contributed by atoms with E-state index in [2.05, 4.69) is 0 Å². The van der Waals surface area contributed by atoms with E-state index >= 15 is 0 Å². The van der Waals surface area contributed by atoms with Gasteiger partial charge in [-0.3, -0.25) is 9.59 Å². The van der Waals surface area contributed by atoms with Gasteiger partial charge in [0.2, 0.25) is 11.6 Å². The molecule has 1 aliphatic carbocycles. The Hall–Kier alpha value is -0.400. The van der Waals surface area contributed by atoms with Crippen molar-refractivity contribution in [1.82, 2.24) is 0 Å². The molecule has 8 nitrogen and oxygen atoms in total. The third-order valence-corrected chi connectivity index (χ3v) is 5.40. The number of carbonyl (C=O) groups excluding carboxylic acids is 2. The van der Waals surface area contributed by atoms with Crippen LogP contribution in [0.5, 0.6) is 0 Å². The van der Waals surface area contributed by atoms with E-state index in [9.17, 15) is 35.5 Å². The number of carbonyl (C=O) groups is 2. The third kappa shape index (κ3) is 4.04. The molecule has 0 amide bonds. The van der Waals surface area contributed by atoms with Gasteiger partial charge in [0.05, 0.1) is 0 Å². The molecule has 0 saturated heterocycles. The monoisotopic (exact) mass is 412 g/mol. The fourth-order valence-corrected chi connectivity index (χ4v) is 4.45. The predicted molar refractivity (Wildman–Crippen MR) is 79.0 cm³/mol. The number of Topliss-reactive ketones (excluding diaryl/α,β-unsaturated/α-hetero) is 2. The zero-order chi connectivity index (χ0) is 17.9. The molecule has 2 aromatic carbocycles. The predicted octanol–water partition coefficient (Wildman–Crippen LogP) is -5.47. The van der Waals surface area contributed by atoms with Crippen LogP contribution in [0.4, 0.5) is 0 Å². The normalized spacial score (nSPS) is 14.5. The van der Waals surface area contributed by atoms with Crippen molar-refractivity contribution < 1.29 is 94.6 Å². The molecule has 0 fully saturated rings. The molecule has 2 aromatic rings. The van der Waals surface area contributed by atoms with Crippen molar-refractivity contribution in [2.24, 2.45) is 0 Å². The Morgan fingerprint density at radius 3 is 1.23 bits per heavy atom. The molecule has 0 N–H and O–H groups in total. The standard InChI is InChI=1S/C14H8O8S2.2Na/c15-11-9-5-7-3-1-2-4-8(7)6-10(9)12(16)14(24(20,21)22)13(11)23(17,18)19;;/h1-6H,(H,17,18,19)(H,20,21,22);;/q;2*+1/p-2. The van der Waals surface area contributed by atoms with Gasteiger partial charge in [0.25, 0.3) is 0 Å². The Bertz CT molecular complexity index is 1090. The maximum atomic E-state index is 12.3. The number of hydrogen-bond acceptors (Lipinski definition) is 8. The quantitative estimate of drug-likeness (QED) is 0.350. The topological polar surface area (TPSA) is 149 Å². The number of benzene rings is 2. The van der Waals surface area contributed by atoms with E-state index in [0.29, 0.717) is 10.8 Å². The Labute approximate surface area is 192 Å². The number of fused-ring (bicyclic) bond motifs is 2. The minimum absolute atomic E-state index is 0. The van der Waals surface area contributed by atoms with Gasteiger partial charge in [-0.15, -0.1) is 0 Å². The first-order chi connectivity index (χ1) is 11.0. The van der Waals surface area contributed by atoms with Crippen molar-refractivity contribution in [3.05, 3.63) is 57.3 Å². The van der Waals surface area contributed by atoms with Crippen LogP contribution < -0.4 is 59.1 Å². The summed E-state index contributed by atoms with van der Waals surface area (Å²) < 4.78 is 67.7. The smallest absolute Gasteiger partial charge is 0.744 e. The van der Waals surface area contributed by atoms with Crippen molar-refractivity contribution in [3.63, 3.8) is 0 Å². The summed E-state index contributed by atoms with van der Waals surface area (Å²) in [5, 5.41) is 0.932. The Balaban J connectivity index is 0.00000169. The molecule has 0 atom stereocenters. The molecular formula is C14H6Na2O8S2. The van der Waals surface area contributed by atoms with E-state index in [1.54, 1.807) is 24.3 Å². The first-order valence-corrected chi connectivity index (χ1v) is 9.12. The maximum Gasteiger partial charge on any atom is 1.00 e. The van der Waals surface area contributed by atoms with E-state index in [1.807, 2.05) is 0 Å². The molecule has 12 heteroatoms. The maximum absolute atomic E-state index is 12.3. The second-order valence-corrected chi connectivity index (χ2v) is 7.60. The summed E-state index contributed by atoms with van der Waals surface area (Å²) in [6, 6.07) is 8.73. The van der Waals surface area contributed by atoms with E-state index in [4.69, 9.17) is 0 Å². The van der Waals surface area contributed by atoms with Gasteiger partial charge in [-0.1, -0.05) is 24.3 Å². The molecule has 0 aromatic heterocycles. The van der Waals surface area contributed by atoms with Gasteiger partial charge in [-0.25, -0.2) is 16.8 Å². The van der Waals surface area contributed by atoms with E-state index in [1.165, 1.54) is 12.1 Å². The third-order valence-electron chi connectivity index (χ3n) is 3.49. The summed E-state index contributed by atoms with van der Waals surface area (Å²) in [4.78, 5) is 21.0. The summed E-state index contributed by atoms with van der Waals surface area (Å²) in [5.74, 6) is -2.97. The largest absolute Gasteiger partial charge is 1.00 e. The van der Waals surface area contributed by atoms with Crippen LogP contribution in [0.15, 0.2) is 46.2 Å². The summed E-state index contributed by atoms with van der Waals surface area (Å²) in [5.41, 5.74) is -0.888. The van der Waals surface area contributed by atoms with Gasteiger partial charge < -0.3 is 9.11 Å². The van der Waals surface area contributed by atoms with Crippen molar-refractivity contribution in [2.45, 2.75) is 0 Å². The van der Waals surface area contributed by atoms with E-state index < -0.39 is 52.7 Å². The van der Waals surface area contributed by atoms with E-state index in [0.717, 1.165) is 0 Å². The zero-order valence-electron chi connectivity index (χ0n) is 13.5. The number of rotatable bonds is 2. The first-order valence-electron chi connectivity index (χ1n) is 6.30. The fraction of sp³-hybridized carbons (Fsp3) is 0. The molecule has 1 aliphatic rings. The van der Waals surface area contributed by atoms with Crippen LogP contribution in [-0.2, 0) is 20.2 Å². The summed E-state index contributed by atoms with van der Waals surface area (Å²) >= 11 is 0. The van der Waals surface area contributed by atoms with Crippen molar-refractivity contribution in [2.75, 3.05) is 0 Å². The van der Waals surface area contributed by atoms with Crippen LogP contribution in [0.3, 0.4) is 0 Å². The van der Waals surface area contributed by atoms with Crippen LogP contribution in [0.25, 0.3) is 10.8 Å². The van der Waals surface area contributed by atoms with Gasteiger partial charge in [-0.05, 0) is 22.9 Å². The average molecular weight is 412 g/mol. The number of allylic oxidation sites excluding steroid dienone is 2. The SMILES string of the molecule is O=C1C(S(=O)(=O)[O-])=C(S(=O)(=O)[O-])C(=O)c2cc3ccccc3cc21.[Na+].[Na+]. The summed E-state index contributed by atoms with van der Waals surface area (Å²) in [7, 11) is -11.3. The fourth-order valence-electron chi connectivity index (χ4n) is 2.52. The van der Waals surface area contributed by atoms with Crippen molar-refractivity contribution in [1.29, 1.82) is 0 Å². The Morgan fingerprint density at radius 1 is 0.654 bits per heavy atom. The van der Waals surface area contributed by atoms with Crippen LogP contribution in [-0.4, -0.2) is 37.5 Å². The molecule has 0 radical (unpaired) electrons. The minimum atomic E-state index is -5.66. The average Bonchev–Trinajstić information content (AvgIpc) is 2.46. The number of hydrogen-bond donors (Lipinski definition) is 0. The summed E-state index contributed by atoms with van der Waals surface area (Å²) in [6.07, 6.45) is 0. The van der Waals surface area contributed by atoms with Gasteiger partial charge >= 0.3 is 59.1 Å². The molecule has 0 saturated carbocycles. The van der Waals surface area contributed by atoms with Gasteiger partial charge in [0, 0.05) is 11.1 Å². The molecule has 26 heavy (non-hydrogen) atoms. The van der Waals surface area contributed by atoms with Gasteiger partial charge in [-0.2, -0.15) is 0 Å². The number of ketones is 2. The molecular weight excluding hydrogens is 406 g/mol. The molecule has 0 unspecified atom stereocenters. The van der Waals surface area contributed by atoms with E-state index in [-0.39, 0.29) is 59.1 Å². The zero-order valence-corrected chi connectivity index (χ0v) is 19.2. The summed E-state index contributed by atoms with van der Waals surface area (Å²) in [6.45, 7) is 0. The molecule has 124 valence electrons. The van der Waals surface area contributed by atoms with Gasteiger partial charge in [0.15, 0.2) is 0 Å². The first kappa shape index (κ1) is 23.6. The second kappa shape index (κ2) is 7.92.